The maximum absolute atomic E-state index is 12.3. The molecule has 1 aromatic carbocycles. The summed E-state index contributed by atoms with van der Waals surface area (Å²) in [4.78, 5) is 10.8. The van der Waals surface area contributed by atoms with Crippen LogP contribution in [0.1, 0.15) is 10.4 Å². The third-order valence-electron chi connectivity index (χ3n) is 1.19. The summed E-state index contributed by atoms with van der Waals surface area (Å²) in [5.74, 6) is -0.784. The van der Waals surface area contributed by atoms with Gasteiger partial charge < -0.3 is 0 Å². The zero-order valence-electron chi connectivity index (χ0n) is 5.58. The number of rotatable bonds is 1. The van der Waals surface area contributed by atoms with Gasteiger partial charge >= 0.3 is 73.3 Å². The van der Waals surface area contributed by atoms with E-state index in [-0.39, 0.29) is 5.82 Å². The van der Waals surface area contributed by atoms with Gasteiger partial charge in [0.05, 0.1) is 0 Å². The van der Waals surface area contributed by atoms with Crippen LogP contribution in [0, 0.1) is 5.82 Å². The Balaban J connectivity index is 2.90. The van der Waals surface area contributed by atoms with Crippen molar-refractivity contribution in [2.75, 3.05) is 0 Å². The first kappa shape index (κ1) is 8.35. The van der Waals surface area contributed by atoms with E-state index >= 15 is 0 Å². The SMILES string of the molecule is O=C([O][Ga])c1ccc(F)cc1. The van der Waals surface area contributed by atoms with Crippen molar-refractivity contribution in [1.82, 2.24) is 0 Å². The Hall–Kier alpha value is -0.744. The van der Waals surface area contributed by atoms with E-state index in [2.05, 4.69) is 3.53 Å². The zero-order chi connectivity index (χ0) is 8.27. The fourth-order valence-corrected chi connectivity index (χ4v) is 0.940. The fourth-order valence-electron chi connectivity index (χ4n) is 0.654. The van der Waals surface area contributed by atoms with Crippen LogP contribution in [0.2, 0.25) is 0 Å². The van der Waals surface area contributed by atoms with E-state index in [1.54, 1.807) is 0 Å². The molecule has 2 nitrogen and oxygen atoms in total. The molecule has 0 aliphatic carbocycles. The van der Waals surface area contributed by atoms with Crippen molar-refractivity contribution < 1.29 is 12.7 Å². The Morgan fingerprint density at radius 2 is 1.91 bits per heavy atom. The van der Waals surface area contributed by atoms with Gasteiger partial charge in [0.25, 0.3) is 0 Å². The molecule has 0 saturated heterocycles. The first-order chi connectivity index (χ1) is 5.24. The van der Waals surface area contributed by atoms with E-state index in [4.69, 9.17) is 0 Å². The quantitative estimate of drug-likeness (QED) is 0.646. The van der Waals surface area contributed by atoms with Gasteiger partial charge in [-0.3, -0.25) is 0 Å². The first-order valence-electron chi connectivity index (χ1n) is 2.90. The van der Waals surface area contributed by atoms with Crippen LogP contribution in [0.3, 0.4) is 0 Å². The average Bonchev–Trinajstić information content (AvgIpc) is 2.05. The molecule has 1 rings (SSSR count). The van der Waals surface area contributed by atoms with Gasteiger partial charge in [-0.15, -0.1) is 0 Å². The topological polar surface area (TPSA) is 26.3 Å². The first-order valence-corrected chi connectivity index (χ1v) is 3.89. The Morgan fingerprint density at radius 1 is 1.36 bits per heavy atom. The molecule has 0 fully saturated rings. The molecule has 0 aromatic heterocycles. The summed E-state index contributed by atoms with van der Waals surface area (Å²) in [6.07, 6.45) is 0. The van der Waals surface area contributed by atoms with E-state index in [9.17, 15) is 9.18 Å². The molecule has 0 heterocycles. The van der Waals surface area contributed by atoms with Crippen LogP contribution in [-0.4, -0.2) is 24.9 Å². The van der Waals surface area contributed by atoms with Crippen LogP contribution in [-0.2, 0) is 3.53 Å². The number of benzene rings is 1. The molecule has 0 N–H and O–H groups in total. The minimum absolute atomic E-state index is 0.358. The summed E-state index contributed by atoms with van der Waals surface area (Å²) >= 11 is 0.869. The van der Waals surface area contributed by atoms with Gasteiger partial charge in [0.1, 0.15) is 0 Å². The van der Waals surface area contributed by atoms with Crippen LogP contribution in [0.4, 0.5) is 4.39 Å². The Kier molecular flexibility index (Phi) is 2.73. The van der Waals surface area contributed by atoms with Crippen molar-refractivity contribution >= 4 is 24.9 Å². The van der Waals surface area contributed by atoms with Crippen molar-refractivity contribution in [3.63, 3.8) is 0 Å². The maximum atomic E-state index is 12.3. The van der Waals surface area contributed by atoms with Crippen LogP contribution in [0.5, 0.6) is 0 Å². The van der Waals surface area contributed by atoms with Crippen LogP contribution in [0.25, 0.3) is 0 Å². The molecule has 0 aliphatic rings. The van der Waals surface area contributed by atoms with E-state index in [0.717, 1.165) is 19.0 Å². The molecular weight excluding hydrogens is 205 g/mol. The van der Waals surface area contributed by atoms with Gasteiger partial charge in [-0.2, -0.15) is 0 Å². The van der Waals surface area contributed by atoms with Gasteiger partial charge in [0.15, 0.2) is 0 Å². The molecule has 2 radical (unpaired) electrons. The molecule has 0 bridgehead atoms. The van der Waals surface area contributed by atoms with Gasteiger partial charge in [0.2, 0.25) is 0 Å². The molecule has 4 heteroatoms. The number of carbonyl (C=O) groups excluding carboxylic acids is 1. The average molecular weight is 209 g/mol. The van der Waals surface area contributed by atoms with Crippen molar-refractivity contribution in [3.05, 3.63) is 35.6 Å². The molecule has 0 unspecified atom stereocenters. The standard InChI is InChI=1S/C7H5FO2.Ga/c8-6-3-1-5(2-4-6)7(9)10;/h1-4H,(H,9,10);/q;+1/p-1. The van der Waals surface area contributed by atoms with Crippen molar-refractivity contribution in [1.29, 1.82) is 0 Å². The van der Waals surface area contributed by atoms with Crippen LogP contribution < -0.4 is 0 Å². The van der Waals surface area contributed by atoms with Crippen molar-refractivity contribution in [3.8, 4) is 0 Å². The summed E-state index contributed by atoms with van der Waals surface area (Å²) in [5, 5.41) is 0. The summed E-state index contributed by atoms with van der Waals surface area (Å²) in [6, 6.07) is 5.22. The Labute approximate surface area is 73.7 Å². The molecule has 11 heavy (non-hydrogen) atoms. The number of halogens is 1. The molecule has 54 valence electrons. The van der Waals surface area contributed by atoms with Gasteiger partial charge in [-0.05, 0) is 0 Å². The van der Waals surface area contributed by atoms with Crippen LogP contribution >= 0.6 is 0 Å². The number of hydrogen-bond donors (Lipinski definition) is 0. The molecule has 1 aromatic rings. The number of hydrogen-bond acceptors (Lipinski definition) is 2. The number of carbonyl (C=O) groups is 1. The van der Waals surface area contributed by atoms with Gasteiger partial charge in [-0.25, -0.2) is 0 Å². The van der Waals surface area contributed by atoms with E-state index in [0.29, 0.717) is 5.56 Å². The third-order valence-corrected chi connectivity index (χ3v) is 1.64. The second-order valence-corrected chi connectivity index (χ2v) is 2.41. The summed E-state index contributed by atoms with van der Waals surface area (Å²) in [6.45, 7) is 0. The Bertz CT molecular complexity index is 258. The van der Waals surface area contributed by atoms with E-state index in [1.807, 2.05) is 0 Å². The predicted octanol–water partition coefficient (Wildman–Crippen LogP) is 1.07. The molecule has 0 atom stereocenters. The van der Waals surface area contributed by atoms with E-state index < -0.39 is 5.97 Å². The minimum atomic E-state index is -0.426. The third kappa shape index (κ3) is 2.09. The predicted molar refractivity (Wildman–Crippen MR) is 37.6 cm³/mol. The molecular formula is C7H4FGaO2. The molecule has 0 saturated carbocycles. The van der Waals surface area contributed by atoms with Crippen molar-refractivity contribution in [2.24, 2.45) is 0 Å². The van der Waals surface area contributed by atoms with E-state index in [1.165, 1.54) is 24.3 Å². The van der Waals surface area contributed by atoms with Crippen LogP contribution in [0.15, 0.2) is 24.3 Å². The monoisotopic (exact) mass is 208 g/mol. The summed E-state index contributed by atoms with van der Waals surface area (Å²) in [5.41, 5.74) is 0.371. The summed E-state index contributed by atoms with van der Waals surface area (Å²) < 4.78 is 16.8. The second-order valence-electron chi connectivity index (χ2n) is 1.91. The molecule has 0 amide bonds. The fraction of sp³-hybridized carbons (Fsp3) is 0. The van der Waals surface area contributed by atoms with Gasteiger partial charge in [-0.1, -0.05) is 0 Å². The molecule has 0 aliphatic heterocycles. The van der Waals surface area contributed by atoms with Crippen molar-refractivity contribution in [2.45, 2.75) is 0 Å². The Morgan fingerprint density at radius 3 is 2.36 bits per heavy atom. The second kappa shape index (κ2) is 3.59. The molecule has 0 spiro atoms. The summed E-state index contributed by atoms with van der Waals surface area (Å²) in [7, 11) is 0. The normalized spacial score (nSPS) is 9.18. The zero-order valence-corrected chi connectivity index (χ0v) is 8.00. The van der Waals surface area contributed by atoms with Gasteiger partial charge in [0, 0.05) is 0 Å².